The molecule has 12 nitrogen and oxygen atoms in total. The Morgan fingerprint density at radius 3 is 2.54 bits per heavy atom. The zero-order valence-electron chi connectivity index (χ0n) is 21.4. The Kier molecular flexibility index (Phi) is 8.52. The Balaban J connectivity index is 1.87. The second kappa shape index (κ2) is 12.0. The summed E-state index contributed by atoms with van der Waals surface area (Å²) in [5.41, 5.74) is 11.7. The number of anilines is 2. The second-order valence-electron chi connectivity index (χ2n) is 8.73. The summed E-state index contributed by atoms with van der Waals surface area (Å²) in [7, 11) is 2.90. The highest BCUT2D eigenvalue weighted by Crippen LogP contribution is 2.40. The summed E-state index contributed by atoms with van der Waals surface area (Å²) in [6.07, 6.45) is 1.54. The molecule has 0 bridgehead atoms. The van der Waals surface area contributed by atoms with E-state index in [1.54, 1.807) is 18.2 Å². The van der Waals surface area contributed by atoms with Crippen LogP contribution in [-0.2, 0) is 9.53 Å². The van der Waals surface area contributed by atoms with E-state index < -0.39 is 23.8 Å². The number of hydrogen-bond acceptors (Lipinski definition) is 10. The predicted molar refractivity (Wildman–Crippen MR) is 144 cm³/mol. The molecule has 1 aromatic heterocycles. The van der Waals surface area contributed by atoms with Crippen molar-refractivity contribution in [2.75, 3.05) is 38.0 Å². The molecule has 0 saturated carbocycles. The van der Waals surface area contributed by atoms with E-state index in [2.05, 4.69) is 9.69 Å². The average Bonchev–Trinajstić information content (AvgIpc) is 3.60. The summed E-state index contributed by atoms with van der Waals surface area (Å²) < 4.78 is 20.5. The van der Waals surface area contributed by atoms with Crippen LogP contribution in [0, 0.1) is 0 Å². The minimum Gasteiger partial charge on any atom is -0.508 e. The Morgan fingerprint density at radius 2 is 1.95 bits per heavy atom. The normalized spacial score (nSPS) is 15.4. The molecule has 206 valence electrons. The molecule has 0 radical (unpaired) electrons. The van der Waals surface area contributed by atoms with Gasteiger partial charge in [0.1, 0.15) is 28.2 Å². The Bertz CT molecular complexity index is 1360. The summed E-state index contributed by atoms with van der Waals surface area (Å²) in [6, 6.07) is 9.40. The number of ether oxygens (including phenoxy) is 3. The average molecular weight is 556 g/mol. The van der Waals surface area contributed by atoms with E-state index in [-0.39, 0.29) is 46.1 Å². The van der Waals surface area contributed by atoms with Gasteiger partial charge in [0.05, 0.1) is 31.7 Å². The van der Waals surface area contributed by atoms with Crippen molar-refractivity contribution >= 4 is 40.6 Å². The molecule has 3 aromatic rings. The molecule has 6 N–H and O–H groups in total. The van der Waals surface area contributed by atoms with Gasteiger partial charge in [0.2, 0.25) is 5.91 Å². The number of nitrogens with two attached hydrogens (primary N) is 2. The van der Waals surface area contributed by atoms with Crippen LogP contribution in [0.3, 0.4) is 0 Å². The zero-order chi connectivity index (χ0) is 28.1. The first kappa shape index (κ1) is 27.7. The molecule has 1 saturated heterocycles. The minimum absolute atomic E-state index is 0.0185. The fraction of sp³-hybridized carbons (Fsp3) is 0.308. The van der Waals surface area contributed by atoms with Gasteiger partial charge >= 0.3 is 0 Å². The number of nitrogens with zero attached hydrogens (tertiary/aromatic N) is 2. The third kappa shape index (κ3) is 5.89. The van der Waals surface area contributed by atoms with Crippen molar-refractivity contribution in [2.24, 2.45) is 5.73 Å². The third-order valence-corrected chi connectivity index (χ3v) is 7.12. The molecule has 13 heteroatoms. The molecule has 2 aromatic carbocycles. The fourth-order valence-electron chi connectivity index (χ4n) is 4.28. The maximum absolute atomic E-state index is 14.2. The van der Waals surface area contributed by atoms with Crippen LogP contribution in [0.25, 0.3) is 0 Å². The maximum Gasteiger partial charge on any atom is 0.273 e. The van der Waals surface area contributed by atoms with Gasteiger partial charge in [-0.2, -0.15) is 4.37 Å². The van der Waals surface area contributed by atoms with E-state index in [4.69, 9.17) is 25.7 Å². The number of nitrogen functional groups attached to an aromatic ring is 1. The first-order chi connectivity index (χ1) is 18.7. The van der Waals surface area contributed by atoms with Crippen molar-refractivity contribution in [3.8, 4) is 17.2 Å². The fourth-order valence-corrected chi connectivity index (χ4v) is 5.02. The number of primary amides is 1. The number of methoxy groups -OCH3 is 2. The molecule has 3 amide bonds. The highest BCUT2D eigenvalue weighted by molar-refractivity contribution is 7.09. The number of rotatable bonds is 10. The highest BCUT2D eigenvalue weighted by Gasteiger charge is 2.38. The summed E-state index contributed by atoms with van der Waals surface area (Å²) in [5.74, 6) is -1.44. The number of aromatic nitrogens is 1. The zero-order valence-corrected chi connectivity index (χ0v) is 22.2. The second-order valence-corrected chi connectivity index (χ2v) is 9.50. The summed E-state index contributed by atoms with van der Waals surface area (Å²) in [6.45, 7) is 0.853. The lowest BCUT2D eigenvalue weighted by molar-refractivity contribution is -0.123. The molecule has 2 heterocycles. The highest BCUT2D eigenvalue weighted by atomic mass is 32.1. The number of phenols is 1. The van der Waals surface area contributed by atoms with Gasteiger partial charge in [-0.05, 0) is 54.2 Å². The Hall–Kier alpha value is -4.36. The van der Waals surface area contributed by atoms with Gasteiger partial charge in [-0.1, -0.05) is 12.1 Å². The molecule has 4 rings (SSSR count). The molecule has 1 fully saturated rings. The molecule has 0 spiro atoms. The van der Waals surface area contributed by atoms with Crippen LogP contribution in [0.15, 0.2) is 42.5 Å². The molecule has 2 atom stereocenters. The molecule has 0 unspecified atom stereocenters. The third-order valence-electron chi connectivity index (χ3n) is 6.26. The number of hydrogen-bond donors (Lipinski definition) is 4. The van der Waals surface area contributed by atoms with Crippen LogP contribution in [0.1, 0.15) is 44.6 Å². The van der Waals surface area contributed by atoms with Gasteiger partial charge < -0.3 is 36.1 Å². The Morgan fingerprint density at radius 1 is 1.21 bits per heavy atom. The van der Waals surface area contributed by atoms with Crippen molar-refractivity contribution < 1.29 is 33.7 Å². The SMILES string of the molecule is COc1ccc(N(C(=O)c2snc(C(N)=O)c2N)[C@H](C(=O)NC[C@H]2CCCO2)c2ccc(O)cc2)c(OC)c1. The summed E-state index contributed by atoms with van der Waals surface area (Å²) in [5, 5.41) is 12.8. The van der Waals surface area contributed by atoms with Crippen LogP contribution in [0.5, 0.6) is 17.2 Å². The van der Waals surface area contributed by atoms with Crippen molar-refractivity contribution in [1.82, 2.24) is 9.69 Å². The number of phenolic OH excluding ortho intramolecular Hbond substituents is 1. The summed E-state index contributed by atoms with van der Waals surface area (Å²) >= 11 is 0.693. The van der Waals surface area contributed by atoms with Crippen LogP contribution in [-0.4, -0.2) is 60.7 Å². The molecular formula is C26H29N5O7S. The number of nitrogens with one attached hydrogen (secondary N) is 1. The lowest BCUT2D eigenvalue weighted by Crippen LogP contribution is -2.45. The molecule has 1 aliphatic heterocycles. The standard InChI is InChI=1S/C26H29N5O7S/c1-36-16-9-10-18(19(12-16)37-2)31(26(35)23-20(27)21(24(28)33)30-39-23)22(14-5-7-15(32)8-6-14)25(34)29-13-17-4-3-11-38-17/h5-10,12,17,22,32H,3-4,11,13,27H2,1-2H3,(H2,28,33)(H,29,34)/t17-,22+/m1/s1. The van der Waals surface area contributed by atoms with Gasteiger partial charge in [0.25, 0.3) is 11.8 Å². The van der Waals surface area contributed by atoms with Crippen molar-refractivity contribution in [2.45, 2.75) is 25.0 Å². The first-order valence-corrected chi connectivity index (χ1v) is 12.8. The lowest BCUT2D eigenvalue weighted by Gasteiger charge is -2.32. The van der Waals surface area contributed by atoms with E-state index >= 15 is 0 Å². The van der Waals surface area contributed by atoms with Gasteiger partial charge in [-0.3, -0.25) is 19.3 Å². The van der Waals surface area contributed by atoms with Crippen LogP contribution in [0.2, 0.25) is 0 Å². The molecule has 39 heavy (non-hydrogen) atoms. The minimum atomic E-state index is -1.25. The number of aromatic hydroxyl groups is 1. The number of carbonyl (C=O) groups is 3. The van der Waals surface area contributed by atoms with Crippen molar-refractivity contribution in [1.29, 1.82) is 0 Å². The number of amides is 3. The molecule has 1 aliphatic rings. The van der Waals surface area contributed by atoms with Gasteiger partial charge in [0.15, 0.2) is 5.69 Å². The van der Waals surface area contributed by atoms with E-state index in [1.165, 1.54) is 43.4 Å². The lowest BCUT2D eigenvalue weighted by atomic mass is 10.0. The smallest absolute Gasteiger partial charge is 0.273 e. The summed E-state index contributed by atoms with van der Waals surface area (Å²) in [4.78, 5) is 41.0. The number of carbonyl (C=O) groups excluding carboxylic acids is 3. The van der Waals surface area contributed by atoms with E-state index in [1.807, 2.05) is 0 Å². The van der Waals surface area contributed by atoms with E-state index in [9.17, 15) is 19.5 Å². The quantitative estimate of drug-likeness (QED) is 0.292. The van der Waals surface area contributed by atoms with Gasteiger partial charge in [-0.15, -0.1) is 0 Å². The van der Waals surface area contributed by atoms with Gasteiger partial charge in [0, 0.05) is 19.2 Å². The van der Waals surface area contributed by atoms with Crippen molar-refractivity contribution in [3.63, 3.8) is 0 Å². The van der Waals surface area contributed by atoms with Crippen LogP contribution < -0.4 is 31.2 Å². The van der Waals surface area contributed by atoms with Crippen LogP contribution >= 0.6 is 11.5 Å². The monoisotopic (exact) mass is 555 g/mol. The number of benzene rings is 2. The van der Waals surface area contributed by atoms with E-state index in [0.29, 0.717) is 29.5 Å². The molecular weight excluding hydrogens is 526 g/mol. The maximum atomic E-state index is 14.2. The topological polar surface area (TPSA) is 179 Å². The van der Waals surface area contributed by atoms with Gasteiger partial charge in [-0.25, -0.2) is 0 Å². The Labute approximate surface area is 228 Å². The van der Waals surface area contributed by atoms with Crippen molar-refractivity contribution in [3.05, 3.63) is 58.6 Å². The largest absolute Gasteiger partial charge is 0.508 e. The first-order valence-electron chi connectivity index (χ1n) is 12.0. The van der Waals surface area contributed by atoms with E-state index in [0.717, 1.165) is 12.8 Å². The predicted octanol–water partition coefficient (Wildman–Crippen LogP) is 2.23. The van der Waals surface area contributed by atoms with Crippen LogP contribution in [0.4, 0.5) is 11.4 Å². The molecule has 0 aliphatic carbocycles.